The van der Waals surface area contributed by atoms with Crippen molar-refractivity contribution in [3.05, 3.63) is 23.8 Å². The van der Waals surface area contributed by atoms with E-state index in [0.717, 1.165) is 44.9 Å². The third-order valence-electron chi connectivity index (χ3n) is 3.84. The highest BCUT2D eigenvalue weighted by Crippen LogP contribution is 2.25. The average molecular weight is 341 g/mol. The Bertz CT molecular complexity index is 581. The van der Waals surface area contributed by atoms with E-state index in [9.17, 15) is 18.4 Å². The molecule has 0 spiro atoms. The second-order valence-corrected chi connectivity index (χ2v) is 5.68. The Balaban J connectivity index is 1.79. The number of benzene rings is 1. The third kappa shape index (κ3) is 5.07. The molecule has 0 atom stereocenters. The number of hydrogen-bond donors (Lipinski definition) is 3. The zero-order chi connectivity index (χ0) is 17.5. The van der Waals surface area contributed by atoms with E-state index in [2.05, 4.69) is 20.7 Å². The predicted molar refractivity (Wildman–Crippen MR) is 84.9 cm³/mol. The van der Waals surface area contributed by atoms with Crippen LogP contribution in [-0.2, 0) is 4.79 Å². The summed E-state index contributed by atoms with van der Waals surface area (Å²) in [6.45, 7) is -0.205. The second-order valence-electron chi connectivity index (χ2n) is 5.68. The smallest absolute Gasteiger partial charge is 0.319 e. The highest BCUT2D eigenvalue weighted by atomic mass is 19.1. The van der Waals surface area contributed by atoms with E-state index < -0.39 is 23.4 Å². The van der Waals surface area contributed by atoms with E-state index in [1.54, 1.807) is 0 Å². The van der Waals surface area contributed by atoms with Crippen LogP contribution in [-0.4, -0.2) is 31.6 Å². The first kappa shape index (κ1) is 18.0. The Morgan fingerprint density at radius 1 is 1.17 bits per heavy atom. The van der Waals surface area contributed by atoms with E-state index in [4.69, 9.17) is 0 Å². The molecule has 2 rings (SSSR count). The molecule has 1 aromatic carbocycles. The molecule has 0 radical (unpaired) electrons. The number of urea groups is 1. The predicted octanol–water partition coefficient (Wildman–Crippen LogP) is 2.54. The summed E-state index contributed by atoms with van der Waals surface area (Å²) >= 11 is 0. The maximum atomic E-state index is 13.5. The zero-order valence-electron chi connectivity index (χ0n) is 13.5. The van der Waals surface area contributed by atoms with Crippen molar-refractivity contribution >= 4 is 17.6 Å². The molecule has 1 aliphatic carbocycles. The van der Waals surface area contributed by atoms with Gasteiger partial charge in [-0.15, -0.1) is 0 Å². The number of anilines is 1. The number of rotatable bonds is 5. The van der Waals surface area contributed by atoms with Gasteiger partial charge in [-0.1, -0.05) is 19.3 Å². The maximum absolute atomic E-state index is 13.5. The molecule has 0 bridgehead atoms. The summed E-state index contributed by atoms with van der Waals surface area (Å²) in [5, 5.41) is 7.47. The monoisotopic (exact) mass is 341 g/mol. The van der Waals surface area contributed by atoms with Crippen molar-refractivity contribution in [3.8, 4) is 5.75 Å². The van der Waals surface area contributed by atoms with E-state index in [-0.39, 0.29) is 24.2 Å². The van der Waals surface area contributed by atoms with Crippen LogP contribution in [0.25, 0.3) is 0 Å². The van der Waals surface area contributed by atoms with Crippen LogP contribution in [0, 0.1) is 11.6 Å². The van der Waals surface area contributed by atoms with Crippen LogP contribution in [0.1, 0.15) is 32.1 Å². The van der Waals surface area contributed by atoms with Gasteiger partial charge in [0.25, 0.3) is 0 Å². The van der Waals surface area contributed by atoms with Crippen molar-refractivity contribution < 1.29 is 23.1 Å². The molecular weight excluding hydrogens is 320 g/mol. The van der Waals surface area contributed by atoms with Crippen LogP contribution >= 0.6 is 0 Å². The Hall–Kier alpha value is -2.38. The first-order valence-corrected chi connectivity index (χ1v) is 7.87. The number of nitrogens with one attached hydrogen (secondary N) is 3. The fraction of sp³-hybridized carbons (Fsp3) is 0.500. The molecule has 0 saturated heterocycles. The van der Waals surface area contributed by atoms with Crippen molar-refractivity contribution in [2.24, 2.45) is 0 Å². The Morgan fingerprint density at radius 2 is 1.79 bits per heavy atom. The van der Waals surface area contributed by atoms with Gasteiger partial charge in [0.05, 0.1) is 13.7 Å². The van der Waals surface area contributed by atoms with Crippen molar-refractivity contribution in [3.63, 3.8) is 0 Å². The van der Waals surface area contributed by atoms with Gasteiger partial charge < -0.3 is 20.7 Å². The number of methoxy groups -OCH3 is 1. The third-order valence-corrected chi connectivity index (χ3v) is 3.84. The van der Waals surface area contributed by atoms with Crippen molar-refractivity contribution in [1.29, 1.82) is 0 Å². The summed E-state index contributed by atoms with van der Waals surface area (Å²) in [7, 11) is 1.15. The average Bonchev–Trinajstić information content (AvgIpc) is 2.54. The topological polar surface area (TPSA) is 79.5 Å². The SMILES string of the molecule is COc1c(F)cc(NC(=O)NCC(=O)NC2CCCCC2)cc1F. The number of carbonyl (C=O) groups is 2. The molecule has 3 N–H and O–H groups in total. The zero-order valence-corrected chi connectivity index (χ0v) is 13.5. The van der Waals surface area contributed by atoms with E-state index in [1.807, 2.05) is 0 Å². The fourth-order valence-electron chi connectivity index (χ4n) is 2.69. The molecule has 1 saturated carbocycles. The molecule has 1 fully saturated rings. The van der Waals surface area contributed by atoms with Crippen LogP contribution in [0.5, 0.6) is 5.75 Å². The molecule has 132 valence electrons. The molecule has 3 amide bonds. The molecule has 0 heterocycles. The van der Waals surface area contributed by atoms with Crippen LogP contribution in [0.2, 0.25) is 0 Å². The van der Waals surface area contributed by atoms with Gasteiger partial charge in [0, 0.05) is 23.9 Å². The molecule has 0 aliphatic heterocycles. The molecular formula is C16H21F2N3O3. The summed E-state index contributed by atoms with van der Waals surface area (Å²) in [6.07, 6.45) is 5.26. The number of carbonyl (C=O) groups excluding carboxylic acids is 2. The quantitative estimate of drug-likeness (QED) is 0.770. The highest BCUT2D eigenvalue weighted by molar-refractivity contribution is 5.92. The lowest BCUT2D eigenvalue weighted by molar-refractivity contribution is -0.121. The molecule has 8 heteroatoms. The second kappa shape index (κ2) is 8.47. The Kier molecular flexibility index (Phi) is 6.34. The van der Waals surface area contributed by atoms with Crippen LogP contribution in [0.3, 0.4) is 0 Å². The van der Waals surface area contributed by atoms with Crippen LogP contribution < -0.4 is 20.7 Å². The summed E-state index contributed by atoms with van der Waals surface area (Å²) in [5.74, 6) is -2.66. The van der Waals surface area contributed by atoms with Crippen LogP contribution in [0.15, 0.2) is 12.1 Å². The molecule has 0 aromatic heterocycles. The minimum absolute atomic E-state index is 0.0732. The number of ether oxygens (including phenoxy) is 1. The molecule has 6 nitrogen and oxygen atoms in total. The summed E-state index contributed by atoms with van der Waals surface area (Å²) < 4.78 is 31.6. The molecule has 1 aliphatic rings. The van der Waals surface area contributed by atoms with E-state index in [0.29, 0.717) is 0 Å². The summed E-state index contributed by atoms with van der Waals surface area (Å²) in [6, 6.07) is 1.30. The summed E-state index contributed by atoms with van der Waals surface area (Å²) in [4.78, 5) is 23.5. The Morgan fingerprint density at radius 3 is 2.38 bits per heavy atom. The van der Waals surface area contributed by atoms with Gasteiger partial charge in [-0.3, -0.25) is 4.79 Å². The lowest BCUT2D eigenvalue weighted by atomic mass is 9.95. The minimum Gasteiger partial charge on any atom is -0.491 e. The lowest BCUT2D eigenvalue weighted by Gasteiger charge is -2.22. The Labute approximate surface area is 138 Å². The molecule has 1 aromatic rings. The standard InChI is InChI=1S/C16H21F2N3O3/c1-24-15-12(17)7-11(8-13(15)18)21-16(23)19-9-14(22)20-10-5-3-2-4-6-10/h7-8,10H,2-6,9H2,1H3,(H,20,22)(H2,19,21,23). The lowest BCUT2D eigenvalue weighted by Crippen LogP contribution is -2.43. The number of hydrogen-bond acceptors (Lipinski definition) is 3. The largest absolute Gasteiger partial charge is 0.491 e. The fourth-order valence-corrected chi connectivity index (χ4v) is 2.69. The normalized spacial score (nSPS) is 14.8. The van der Waals surface area contributed by atoms with Gasteiger partial charge in [0.2, 0.25) is 5.91 Å². The first-order chi connectivity index (χ1) is 11.5. The van der Waals surface area contributed by atoms with E-state index >= 15 is 0 Å². The highest BCUT2D eigenvalue weighted by Gasteiger charge is 2.16. The van der Waals surface area contributed by atoms with Gasteiger partial charge in [0.15, 0.2) is 17.4 Å². The van der Waals surface area contributed by atoms with Crippen molar-refractivity contribution in [2.75, 3.05) is 19.0 Å². The van der Waals surface area contributed by atoms with Crippen molar-refractivity contribution in [1.82, 2.24) is 10.6 Å². The maximum Gasteiger partial charge on any atom is 0.319 e. The van der Waals surface area contributed by atoms with Crippen LogP contribution in [0.4, 0.5) is 19.3 Å². The minimum atomic E-state index is -0.928. The number of halogens is 2. The first-order valence-electron chi connectivity index (χ1n) is 7.87. The summed E-state index contributed by atoms with van der Waals surface area (Å²) in [5.41, 5.74) is -0.0732. The molecule has 24 heavy (non-hydrogen) atoms. The van der Waals surface area contributed by atoms with Gasteiger partial charge >= 0.3 is 6.03 Å². The van der Waals surface area contributed by atoms with Gasteiger partial charge in [0.1, 0.15) is 0 Å². The van der Waals surface area contributed by atoms with Gasteiger partial charge in [-0.2, -0.15) is 0 Å². The van der Waals surface area contributed by atoms with Gasteiger partial charge in [-0.05, 0) is 12.8 Å². The number of amides is 3. The van der Waals surface area contributed by atoms with Gasteiger partial charge in [-0.25, -0.2) is 13.6 Å². The molecule has 0 unspecified atom stereocenters. The van der Waals surface area contributed by atoms with E-state index in [1.165, 1.54) is 6.42 Å². The van der Waals surface area contributed by atoms with Crippen molar-refractivity contribution in [2.45, 2.75) is 38.1 Å².